The van der Waals surface area contributed by atoms with Crippen molar-refractivity contribution < 1.29 is 0 Å². The summed E-state index contributed by atoms with van der Waals surface area (Å²) in [6, 6.07) is 2.64. The highest BCUT2D eigenvalue weighted by Gasteiger charge is 2.41. The Morgan fingerprint density at radius 3 is 2.92 bits per heavy atom. The van der Waals surface area contributed by atoms with E-state index in [0.717, 1.165) is 44.1 Å². The van der Waals surface area contributed by atoms with Crippen molar-refractivity contribution in [3.8, 4) is 0 Å². The fourth-order valence-corrected chi connectivity index (χ4v) is 5.70. The number of rotatable bonds is 2. The van der Waals surface area contributed by atoms with Gasteiger partial charge in [0.1, 0.15) is 7.28 Å². The Balaban J connectivity index is 1.80. The number of pyridine rings is 1. The van der Waals surface area contributed by atoms with Crippen LogP contribution in [0.25, 0.3) is 0 Å². The van der Waals surface area contributed by atoms with E-state index in [2.05, 4.69) is 58.5 Å². The van der Waals surface area contributed by atoms with Crippen molar-refractivity contribution in [1.29, 1.82) is 0 Å². The molecule has 1 N–H and O–H groups in total. The Bertz CT molecular complexity index is 715. The number of piperazine rings is 1. The number of hydrogen-bond acceptors (Lipinski definition) is 3. The molecule has 1 radical (unpaired) electrons. The summed E-state index contributed by atoms with van der Waals surface area (Å²) >= 11 is 10.2. The van der Waals surface area contributed by atoms with Gasteiger partial charge in [0.05, 0.1) is 11.7 Å². The number of nitrogens with one attached hydrogen (secondary N) is 1. The smallest absolute Gasteiger partial charge is 0.150 e. The third-order valence-electron chi connectivity index (χ3n) is 5.70. The molecular formula is C19H23BBrClN3. The fraction of sp³-hybridized carbons (Fsp3) is 0.526. The maximum absolute atomic E-state index is 6.39. The summed E-state index contributed by atoms with van der Waals surface area (Å²) in [7, 11) is 2.14. The molecule has 131 valence electrons. The molecule has 0 saturated carbocycles. The molecule has 0 bridgehead atoms. The van der Waals surface area contributed by atoms with Crippen LogP contribution in [0.4, 0.5) is 0 Å². The molecule has 1 fully saturated rings. The zero-order valence-electron chi connectivity index (χ0n) is 14.5. The lowest BCUT2D eigenvalue weighted by Gasteiger charge is -2.41. The number of allylic oxidation sites excluding steroid dienone is 3. The molecule has 0 spiro atoms. The van der Waals surface area contributed by atoms with Gasteiger partial charge in [0.15, 0.2) is 0 Å². The molecule has 0 amide bonds. The minimum atomic E-state index is 0.308. The van der Waals surface area contributed by atoms with Crippen molar-refractivity contribution in [3.63, 3.8) is 0 Å². The predicted octanol–water partition coefficient (Wildman–Crippen LogP) is 3.00. The first-order valence-electron chi connectivity index (χ1n) is 9.14. The molecule has 3 aliphatic rings. The summed E-state index contributed by atoms with van der Waals surface area (Å²) in [5.74, 6) is 0.848. The molecule has 1 aromatic heterocycles. The highest BCUT2D eigenvalue weighted by Crippen LogP contribution is 2.48. The topological polar surface area (TPSA) is 28.2 Å². The van der Waals surface area contributed by atoms with Crippen molar-refractivity contribution >= 4 is 40.3 Å². The van der Waals surface area contributed by atoms with Crippen LogP contribution >= 0.6 is 27.5 Å². The molecular weight excluding hydrogens is 396 g/mol. The first-order chi connectivity index (χ1) is 12.2. The molecule has 0 aromatic carbocycles. The van der Waals surface area contributed by atoms with Crippen molar-refractivity contribution in [2.75, 3.05) is 26.2 Å². The van der Waals surface area contributed by atoms with Crippen LogP contribution in [0.3, 0.4) is 0 Å². The zero-order chi connectivity index (χ0) is 17.4. The Morgan fingerprint density at radius 2 is 2.16 bits per heavy atom. The number of fused-ring (bicyclic) bond motifs is 2. The minimum absolute atomic E-state index is 0.308. The number of aromatic nitrogens is 1. The average Bonchev–Trinajstić information content (AvgIpc) is 2.79. The van der Waals surface area contributed by atoms with Gasteiger partial charge in [-0.2, -0.15) is 0 Å². The summed E-state index contributed by atoms with van der Waals surface area (Å²) in [6.45, 7) is 6.29. The summed E-state index contributed by atoms with van der Waals surface area (Å²) in [5, 5.41) is 4.33. The van der Waals surface area contributed by atoms with Gasteiger partial charge in [-0.05, 0) is 30.4 Å². The normalized spacial score (nSPS) is 29.8. The molecule has 1 saturated heterocycles. The van der Waals surface area contributed by atoms with Crippen LogP contribution in [0.15, 0.2) is 33.9 Å². The SMILES string of the molecule is C[B]c1cnc2c(c1)CC[C@H]1C=C(Cl)C=C(Br)C1C2N1CCNCC1. The first kappa shape index (κ1) is 17.8. The van der Waals surface area contributed by atoms with Gasteiger partial charge in [-0.15, -0.1) is 0 Å². The lowest BCUT2D eigenvalue weighted by atomic mass is 9.73. The van der Waals surface area contributed by atoms with E-state index in [4.69, 9.17) is 16.6 Å². The van der Waals surface area contributed by atoms with Gasteiger partial charge in [-0.3, -0.25) is 9.88 Å². The van der Waals surface area contributed by atoms with Crippen LogP contribution in [0.2, 0.25) is 6.82 Å². The molecule has 2 heterocycles. The molecule has 1 aromatic rings. The van der Waals surface area contributed by atoms with Crippen molar-refractivity contribution in [2.24, 2.45) is 11.8 Å². The summed E-state index contributed by atoms with van der Waals surface area (Å²) in [5.41, 5.74) is 3.88. The molecule has 2 unspecified atom stereocenters. The van der Waals surface area contributed by atoms with Crippen LogP contribution in [0.1, 0.15) is 23.7 Å². The van der Waals surface area contributed by atoms with E-state index in [9.17, 15) is 0 Å². The Hall–Kier alpha value is -0.615. The fourth-order valence-electron chi connectivity index (χ4n) is 4.45. The third kappa shape index (κ3) is 3.49. The van der Waals surface area contributed by atoms with Gasteiger partial charge in [0.25, 0.3) is 0 Å². The second kappa shape index (κ2) is 7.55. The average molecular weight is 420 g/mol. The van der Waals surface area contributed by atoms with Gasteiger partial charge in [-0.1, -0.05) is 52.0 Å². The second-order valence-corrected chi connectivity index (χ2v) is 8.49. The lowest BCUT2D eigenvalue weighted by molar-refractivity contribution is 0.121. The highest BCUT2D eigenvalue weighted by atomic mass is 79.9. The quantitative estimate of drug-likeness (QED) is 0.747. The monoisotopic (exact) mass is 418 g/mol. The Morgan fingerprint density at radius 1 is 1.36 bits per heavy atom. The van der Waals surface area contributed by atoms with E-state index < -0.39 is 0 Å². The van der Waals surface area contributed by atoms with E-state index in [0.29, 0.717) is 17.9 Å². The van der Waals surface area contributed by atoms with Crippen molar-refractivity contribution in [1.82, 2.24) is 15.2 Å². The zero-order valence-corrected chi connectivity index (χ0v) is 16.9. The summed E-state index contributed by atoms with van der Waals surface area (Å²) in [4.78, 5) is 7.57. The van der Waals surface area contributed by atoms with Crippen molar-refractivity contribution in [3.05, 3.63) is 45.2 Å². The van der Waals surface area contributed by atoms with E-state index in [1.807, 2.05) is 6.20 Å². The Labute approximate surface area is 164 Å². The number of aryl methyl sites for hydroxylation is 1. The molecule has 3 atom stereocenters. The van der Waals surface area contributed by atoms with Crippen LogP contribution < -0.4 is 10.8 Å². The van der Waals surface area contributed by atoms with Crippen LogP contribution in [0.5, 0.6) is 0 Å². The van der Waals surface area contributed by atoms with Gasteiger partial charge in [-0.25, -0.2) is 0 Å². The number of nitrogens with zero attached hydrogens (tertiary/aromatic N) is 2. The van der Waals surface area contributed by atoms with Gasteiger partial charge < -0.3 is 5.32 Å². The van der Waals surface area contributed by atoms with Crippen LogP contribution in [0, 0.1) is 11.8 Å². The van der Waals surface area contributed by atoms with Gasteiger partial charge in [0, 0.05) is 47.8 Å². The first-order valence-corrected chi connectivity index (χ1v) is 10.3. The maximum Gasteiger partial charge on any atom is 0.150 e. The molecule has 2 aliphatic carbocycles. The van der Waals surface area contributed by atoms with E-state index in [1.54, 1.807) is 0 Å². The molecule has 1 aliphatic heterocycles. The maximum atomic E-state index is 6.39. The van der Waals surface area contributed by atoms with Crippen molar-refractivity contribution in [2.45, 2.75) is 25.7 Å². The standard InChI is InChI=1S/C19H23BBrClN3/c1-20-14-8-13-3-2-12-9-15(22)10-16(21)17(12)19(18(13)24-11-14)25-6-4-23-5-7-25/h8-12,17,19,23H,2-7H2,1H3/t12-,17?,19?/m0/s1. The lowest BCUT2D eigenvalue weighted by Crippen LogP contribution is -2.48. The molecule has 3 nitrogen and oxygen atoms in total. The van der Waals surface area contributed by atoms with Crippen LogP contribution in [-0.2, 0) is 6.42 Å². The number of halogens is 2. The van der Waals surface area contributed by atoms with Gasteiger partial charge >= 0.3 is 0 Å². The third-order valence-corrected chi connectivity index (χ3v) is 6.69. The number of hydrogen-bond donors (Lipinski definition) is 1. The highest BCUT2D eigenvalue weighted by molar-refractivity contribution is 9.11. The van der Waals surface area contributed by atoms with Gasteiger partial charge in [0.2, 0.25) is 0 Å². The van der Waals surface area contributed by atoms with E-state index in [-0.39, 0.29) is 0 Å². The summed E-state index contributed by atoms with van der Waals surface area (Å²) < 4.78 is 1.22. The molecule has 4 rings (SSSR count). The second-order valence-electron chi connectivity index (χ2n) is 7.14. The minimum Gasteiger partial charge on any atom is -0.314 e. The molecule has 6 heteroatoms. The molecule has 25 heavy (non-hydrogen) atoms. The Kier molecular flexibility index (Phi) is 5.37. The largest absolute Gasteiger partial charge is 0.314 e. The predicted molar refractivity (Wildman–Crippen MR) is 109 cm³/mol. The van der Waals surface area contributed by atoms with E-state index in [1.165, 1.54) is 21.2 Å². The summed E-state index contributed by atoms with van der Waals surface area (Å²) in [6.07, 6.45) is 8.54. The van der Waals surface area contributed by atoms with Crippen LogP contribution in [-0.4, -0.2) is 43.3 Å². The van der Waals surface area contributed by atoms with E-state index >= 15 is 0 Å².